The van der Waals surface area contributed by atoms with E-state index >= 15 is 0 Å². The van der Waals surface area contributed by atoms with Crippen molar-refractivity contribution in [1.29, 1.82) is 0 Å². The summed E-state index contributed by atoms with van der Waals surface area (Å²) in [6.07, 6.45) is 4.40. The van der Waals surface area contributed by atoms with Gasteiger partial charge in [0.05, 0.1) is 16.8 Å². The summed E-state index contributed by atoms with van der Waals surface area (Å²) in [6, 6.07) is 7.69. The fourth-order valence-corrected chi connectivity index (χ4v) is 4.77. The summed E-state index contributed by atoms with van der Waals surface area (Å²) in [5.74, 6) is 0.153. The summed E-state index contributed by atoms with van der Waals surface area (Å²) in [5, 5.41) is 0.234. The topological polar surface area (TPSA) is 55.2 Å². The molecule has 0 unspecified atom stereocenters. The Balaban J connectivity index is 1.92. The molecule has 0 aliphatic carbocycles. The van der Waals surface area contributed by atoms with Crippen molar-refractivity contribution in [2.75, 3.05) is 25.4 Å². The van der Waals surface area contributed by atoms with E-state index in [4.69, 9.17) is 0 Å². The van der Waals surface area contributed by atoms with E-state index in [1.807, 2.05) is 35.8 Å². The number of nitrogens with zero attached hydrogens (tertiary/aromatic N) is 3. The molecule has 6 heteroatoms. The highest BCUT2D eigenvalue weighted by molar-refractivity contribution is 7.91. The molecule has 1 aromatic carbocycles. The van der Waals surface area contributed by atoms with Gasteiger partial charge in [-0.3, -0.25) is 0 Å². The Kier molecular flexibility index (Phi) is 5.02. The molecule has 0 N–H and O–H groups in total. The molecule has 1 aliphatic rings. The molecule has 0 radical (unpaired) electrons. The Hall–Kier alpha value is -1.40. The summed E-state index contributed by atoms with van der Waals surface area (Å²) >= 11 is 0. The molecular formula is C17H25N3O2S. The summed E-state index contributed by atoms with van der Waals surface area (Å²) in [6.45, 7) is 5.68. The predicted octanol–water partition coefficient (Wildman–Crippen LogP) is 2.71. The number of aromatic nitrogens is 2. The van der Waals surface area contributed by atoms with E-state index in [2.05, 4.69) is 9.88 Å². The molecule has 2 aromatic rings. The summed E-state index contributed by atoms with van der Waals surface area (Å²) in [7, 11) is -3.32. The first-order valence-corrected chi connectivity index (χ1v) is 10.2. The van der Waals surface area contributed by atoms with E-state index in [0.717, 1.165) is 30.7 Å². The standard InChI is InChI=1S/C17H25N3O2S/c1-2-14-23(21,22)17-18-15-8-4-5-9-16(15)20(17)13-12-19-10-6-3-7-11-19/h4-5,8-9H,2-3,6-7,10-14H2,1H3. The molecule has 0 saturated carbocycles. The third kappa shape index (κ3) is 3.58. The quantitative estimate of drug-likeness (QED) is 0.814. The summed E-state index contributed by atoms with van der Waals surface area (Å²) < 4.78 is 27.1. The maximum atomic E-state index is 12.6. The summed E-state index contributed by atoms with van der Waals surface area (Å²) in [5.41, 5.74) is 1.68. The molecule has 5 nitrogen and oxygen atoms in total. The van der Waals surface area contributed by atoms with Crippen molar-refractivity contribution < 1.29 is 8.42 Å². The SMILES string of the molecule is CCCS(=O)(=O)c1nc2ccccc2n1CCN1CCCCC1. The molecule has 0 amide bonds. The number of hydrogen-bond acceptors (Lipinski definition) is 4. The van der Waals surface area contributed by atoms with Crippen LogP contribution in [-0.4, -0.2) is 48.3 Å². The zero-order valence-electron chi connectivity index (χ0n) is 13.7. The van der Waals surface area contributed by atoms with Crippen LogP contribution in [0.3, 0.4) is 0 Å². The van der Waals surface area contributed by atoms with Gasteiger partial charge in [0.15, 0.2) is 0 Å². The average Bonchev–Trinajstić information content (AvgIpc) is 2.93. The van der Waals surface area contributed by atoms with Crippen LogP contribution < -0.4 is 0 Å². The zero-order chi connectivity index (χ0) is 16.3. The van der Waals surface area contributed by atoms with Crippen molar-refractivity contribution in [1.82, 2.24) is 14.5 Å². The molecular weight excluding hydrogens is 310 g/mol. The lowest BCUT2D eigenvalue weighted by atomic mass is 10.1. The monoisotopic (exact) mass is 335 g/mol. The predicted molar refractivity (Wildman–Crippen MR) is 92.4 cm³/mol. The van der Waals surface area contributed by atoms with Gasteiger partial charge in [0.1, 0.15) is 0 Å². The fraction of sp³-hybridized carbons (Fsp3) is 0.588. The van der Waals surface area contributed by atoms with Gasteiger partial charge in [0.2, 0.25) is 15.0 Å². The van der Waals surface area contributed by atoms with Gasteiger partial charge in [0.25, 0.3) is 0 Å². The Labute approximate surface area is 138 Å². The Morgan fingerprint density at radius 1 is 1.09 bits per heavy atom. The number of benzene rings is 1. The first-order valence-electron chi connectivity index (χ1n) is 8.52. The Morgan fingerprint density at radius 3 is 2.57 bits per heavy atom. The average molecular weight is 335 g/mol. The van der Waals surface area contributed by atoms with Gasteiger partial charge < -0.3 is 9.47 Å². The molecule has 1 fully saturated rings. The molecule has 1 aliphatic heterocycles. The zero-order valence-corrected chi connectivity index (χ0v) is 14.6. The summed E-state index contributed by atoms with van der Waals surface area (Å²) in [4.78, 5) is 6.85. The molecule has 2 heterocycles. The number of fused-ring (bicyclic) bond motifs is 1. The van der Waals surface area contributed by atoms with Crippen LogP contribution in [0.2, 0.25) is 0 Å². The third-order valence-corrected chi connectivity index (χ3v) is 6.27. The van der Waals surface area contributed by atoms with Gasteiger partial charge in [-0.25, -0.2) is 13.4 Å². The second-order valence-electron chi connectivity index (χ2n) is 6.26. The smallest absolute Gasteiger partial charge is 0.228 e. The van der Waals surface area contributed by atoms with Crippen LogP contribution in [0.1, 0.15) is 32.6 Å². The fourth-order valence-electron chi connectivity index (χ4n) is 3.29. The molecule has 0 spiro atoms. The lowest BCUT2D eigenvalue weighted by Gasteiger charge is -2.26. The van der Waals surface area contributed by atoms with E-state index in [0.29, 0.717) is 13.0 Å². The van der Waals surface area contributed by atoms with E-state index in [1.165, 1.54) is 19.3 Å². The van der Waals surface area contributed by atoms with E-state index in [9.17, 15) is 8.42 Å². The maximum Gasteiger partial charge on any atom is 0.228 e. The minimum absolute atomic E-state index is 0.153. The van der Waals surface area contributed by atoms with Crippen LogP contribution in [0.4, 0.5) is 0 Å². The number of rotatable bonds is 6. The maximum absolute atomic E-state index is 12.6. The normalized spacial score (nSPS) is 16.9. The highest BCUT2D eigenvalue weighted by Gasteiger charge is 2.23. The number of likely N-dealkylation sites (tertiary alicyclic amines) is 1. The van der Waals surface area contributed by atoms with Crippen LogP contribution in [-0.2, 0) is 16.4 Å². The van der Waals surface area contributed by atoms with Gasteiger partial charge in [-0.15, -0.1) is 0 Å². The van der Waals surface area contributed by atoms with Gasteiger partial charge in [0, 0.05) is 13.1 Å². The van der Waals surface area contributed by atoms with Crippen LogP contribution >= 0.6 is 0 Å². The van der Waals surface area contributed by atoms with Crippen molar-refractivity contribution in [3.8, 4) is 0 Å². The number of sulfone groups is 1. The number of para-hydroxylation sites is 2. The van der Waals surface area contributed by atoms with Gasteiger partial charge in [-0.2, -0.15) is 0 Å². The van der Waals surface area contributed by atoms with Crippen LogP contribution in [0.15, 0.2) is 29.4 Å². The van der Waals surface area contributed by atoms with Gasteiger partial charge in [-0.1, -0.05) is 25.5 Å². The van der Waals surface area contributed by atoms with E-state index in [1.54, 1.807) is 0 Å². The number of piperidine rings is 1. The van der Waals surface area contributed by atoms with Crippen molar-refractivity contribution in [3.05, 3.63) is 24.3 Å². The Morgan fingerprint density at radius 2 is 1.83 bits per heavy atom. The van der Waals surface area contributed by atoms with Crippen molar-refractivity contribution in [2.24, 2.45) is 0 Å². The lowest BCUT2D eigenvalue weighted by molar-refractivity contribution is 0.219. The molecule has 3 rings (SSSR count). The van der Waals surface area contributed by atoms with Crippen LogP contribution in [0, 0.1) is 0 Å². The number of imidazole rings is 1. The number of hydrogen-bond donors (Lipinski definition) is 0. The molecule has 1 aromatic heterocycles. The lowest BCUT2D eigenvalue weighted by Crippen LogP contribution is -2.33. The minimum Gasteiger partial charge on any atom is -0.313 e. The first kappa shape index (κ1) is 16.5. The Bertz CT molecular complexity index is 761. The molecule has 0 atom stereocenters. The van der Waals surface area contributed by atoms with E-state index in [-0.39, 0.29) is 10.9 Å². The van der Waals surface area contributed by atoms with Gasteiger partial charge in [-0.05, 0) is 44.5 Å². The molecule has 1 saturated heterocycles. The molecule has 0 bridgehead atoms. The largest absolute Gasteiger partial charge is 0.313 e. The highest BCUT2D eigenvalue weighted by atomic mass is 32.2. The van der Waals surface area contributed by atoms with Crippen LogP contribution in [0.5, 0.6) is 0 Å². The molecule has 23 heavy (non-hydrogen) atoms. The second-order valence-corrected chi connectivity index (χ2v) is 8.26. The van der Waals surface area contributed by atoms with Crippen molar-refractivity contribution >= 4 is 20.9 Å². The molecule has 126 valence electrons. The second kappa shape index (κ2) is 7.01. The van der Waals surface area contributed by atoms with E-state index < -0.39 is 9.84 Å². The minimum atomic E-state index is -3.32. The van der Waals surface area contributed by atoms with Crippen LogP contribution in [0.25, 0.3) is 11.0 Å². The first-order chi connectivity index (χ1) is 11.1. The highest BCUT2D eigenvalue weighted by Crippen LogP contribution is 2.21. The third-order valence-electron chi connectivity index (χ3n) is 4.46. The van der Waals surface area contributed by atoms with Gasteiger partial charge >= 0.3 is 0 Å². The van der Waals surface area contributed by atoms with Crippen molar-refractivity contribution in [2.45, 2.75) is 44.3 Å². The van der Waals surface area contributed by atoms with Crippen molar-refractivity contribution in [3.63, 3.8) is 0 Å².